The summed E-state index contributed by atoms with van der Waals surface area (Å²) in [5.74, 6) is 1.22. The number of furan rings is 1. The monoisotopic (exact) mass is 433 g/mol. The fraction of sp³-hybridized carbons (Fsp3) is 0.500. The molecule has 8 heteroatoms. The summed E-state index contributed by atoms with van der Waals surface area (Å²) < 4.78 is 32.9. The van der Waals surface area contributed by atoms with E-state index in [1.807, 2.05) is 31.1 Å². The van der Waals surface area contributed by atoms with Gasteiger partial charge >= 0.3 is 0 Å². The molecule has 30 heavy (non-hydrogen) atoms. The minimum absolute atomic E-state index is 0.000931. The number of sulfonamides is 1. The normalized spacial score (nSPS) is 17.3. The number of nitrogens with zero attached hydrogens (tertiary/aromatic N) is 2. The highest BCUT2D eigenvalue weighted by atomic mass is 32.2. The zero-order valence-corrected chi connectivity index (χ0v) is 18.7. The van der Waals surface area contributed by atoms with Crippen molar-refractivity contribution in [2.24, 2.45) is 5.92 Å². The van der Waals surface area contributed by atoms with E-state index < -0.39 is 10.0 Å². The molecule has 1 saturated heterocycles. The minimum Gasteiger partial charge on any atom is -0.468 e. The van der Waals surface area contributed by atoms with Gasteiger partial charge in [-0.05, 0) is 57.1 Å². The highest BCUT2D eigenvalue weighted by molar-refractivity contribution is 7.89. The first-order valence-corrected chi connectivity index (χ1v) is 11.8. The second kappa shape index (κ2) is 9.87. The number of likely N-dealkylation sites (N-methyl/N-ethyl adjacent to an activating group) is 1. The van der Waals surface area contributed by atoms with Gasteiger partial charge < -0.3 is 9.73 Å². The Morgan fingerprint density at radius 2 is 1.97 bits per heavy atom. The number of piperidine rings is 1. The molecule has 1 unspecified atom stereocenters. The number of carbonyl (C=O) groups excluding carboxylic acids is 1. The first kappa shape index (κ1) is 22.7. The Kier molecular flexibility index (Phi) is 7.46. The highest BCUT2D eigenvalue weighted by Crippen LogP contribution is 2.24. The Bertz CT molecular complexity index is 933. The molecule has 1 aliphatic rings. The van der Waals surface area contributed by atoms with Crippen molar-refractivity contribution in [2.45, 2.75) is 30.7 Å². The van der Waals surface area contributed by atoms with Gasteiger partial charge in [-0.15, -0.1) is 0 Å². The molecule has 1 atom stereocenters. The maximum Gasteiger partial charge on any atom is 0.243 e. The highest BCUT2D eigenvalue weighted by Gasteiger charge is 2.28. The number of nitrogens with one attached hydrogen (secondary N) is 1. The standard InChI is InChI=1S/C22H31N3O4S/c1-17-9-11-25(12-10-17)30(27,28)19-7-4-6-18(14-19)21(26)16-23-15-20(24(2)3)22-8-5-13-29-22/h4-8,13-14,17,20,23H,9-12,15-16H2,1-3H3. The molecule has 164 valence electrons. The molecule has 3 rings (SSSR count). The van der Waals surface area contributed by atoms with Gasteiger partial charge in [0.2, 0.25) is 10.0 Å². The number of hydrogen-bond acceptors (Lipinski definition) is 6. The number of rotatable bonds is 9. The SMILES string of the molecule is CC1CCN(S(=O)(=O)c2cccc(C(=O)CNCC(c3ccco3)N(C)C)c2)CC1. The smallest absolute Gasteiger partial charge is 0.243 e. The first-order chi connectivity index (χ1) is 14.3. The summed E-state index contributed by atoms with van der Waals surface area (Å²) in [5.41, 5.74) is 0.397. The van der Waals surface area contributed by atoms with Crippen molar-refractivity contribution in [1.82, 2.24) is 14.5 Å². The summed E-state index contributed by atoms with van der Waals surface area (Å²) in [7, 11) is 0.327. The summed E-state index contributed by atoms with van der Waals surface area (Å²) in [6, 6.07) is 10.1. The molecule has 0 amide bonds. The number of benzene rings is 1. The minimum atomic E-state index is -3.57. The van der Waals surface area contributed by atoms with Gasteiger partial charge in [-0.1, -0.05) is 19.1 Å². The number of Topliss-reactive ketones (excluding diaryl/α,β-unsaturated/α-hetero) is 1. The zero-order valence-electron chi connectivity index (χ0n) is 17.9. The molecule has 0 spiro atoms. The summed E-state index contributed by atoms with van der Waals surface area (Å²) in [6.45, 7) is 3.86. The van der Waals surface area contributed by atoms with Crippen molar-refractivity contribution in [3.63, 3.8) is 0 Å². The van der Waals surface area contributed by atoms with E-state index in [1.54, 1.807) is 24.5 Å². The van der Waals surface area contributed by atoms with Gasteiger partial charge in [0, 0.05) is 25.2 Å². The summed E-state index contributed by atoms with van der Waals surface area (Å²) >= 11 is 0. The molecule has 2 aromatic rings. The van der Waals surface area contributed by atoms with E-state index in [0.29, 0.717) is 31.1 Å². The molecule has 0 saturated carbocycles. The molecule has 0 bridgehead atoms. The third-order valence-corrected chi connectivity index (χ3v) is 7.55. The third kappa shape index (κ3) is 5.37. The lowest BCUT2D eigenvalue weighted by Crippen LogP contribution is -2.38. The molecule has 2 heterocycles. The van der Waals surface area contributed by atoms with Gasteiger partial charge in [-0.2, -0.15) is 4.31 Å². The Hall–Kier alpha value is -2.00. The second-order valence-corrected chi connectivity index (χ2v) is 10.1. The Morgan fingerprint density at radius 3 is 2.60 bits per heavy atom. The molecule has 7 nitrogen and oxygen atoms in total. The lowest BCUT2D eigenvalue weighted by molar-refractivity contribution is 0.0987. The van der Waals surface area contributed by atoms with Crippen LogP contribution in [-0.4, -0.2) is 63.7 Å². The quantitative estimate of drug-likeness (QED) is 0.613. The van der Waals surface area contributed by atoms with E-state index in [2.05, 4.69) is 12.2 Å². The number of hydrogen-bond donors (Lipinski definition) is 1. The molecule has 1 aromatic heterocycles. The van der Waals surface area contributed by atoms with Gasteiger partial charge in [-0.25, -0.2) is 8.42 Å². The van der Waals surface area contributed by atoms with Crippen LogP contribution in [0.1, 0.15) is 41.9 Å². The average molecular weight is 434 g/mol. The molecule has 1 N–H and O–H groups in total. The van der Waals surface area contributed by atoms with Gasteiger partial charge in [0.1, 0.15) is 5.76 Å². The average Bonchev–Trinajstić information content (AvgIpc) is 3.25. The zero-order chi connectivity index (χ0) is 21.7. The van der Waals surface area contributed by atoms with Crippen LogP contribution in [0.5, 0.6) is 0 Å². The van der Waals surface area contributed by atoms with Crippen molar-refractivity contribution < 1.29 is 17.6 Å². The summed E-state index contributed by atoms with van der Waals surface area (Å²) in [6.07, 6.45) is 3.36. The van der Waals surface area contributed by atoms with Crippen LogP contribution in [0.3, 0.4) is 0 Å². The van der Waals surface area contributed by atoms with Crippen LogP contribution < -0.4 is 5.32 Å². The van der Waals surface area contributed by atoms with E-state index in [9.17, 15) is 13.2 Å². The fourth-order valence-corrected chi connectivity index (χ4v) is 5.16. The van der Waals surface area contributed by atoms with Crippen molar-refractivity contribution >= 4 is 15.8 Å². The maximum atomic E-state index is 13.0. The van der Waals surface area contributed by atoms with Gasteiger partial charge in [-0.3, -0.25) is 9.69 Å². The fourth-order valence-electron chi connectivity index (χ4n) is 3.65. The van der Waals surface area contributed by atoms with Crippen molar-refractivity contribution in [1.29, 1.82) is 0 Å². The van der Waals surface area contributed by atoms with E-state index in [4.69, 9.17) is 4.42 Å². The predicted octanol–water partition coefficient (Wildman–Crippen LogP) is 2.78. The van der Waals surface area contributed by atoms with Crippen LogP contribution in [-0.2, 0) is 10.0 Å². The maximum absolute atomic E-state index is 13.0. The largest absolute Gasteiger partial charge is 0.468 e. The van der Waals surface area contributed by atoms with Crippen LogP contribution in [0.15, 0.2) is 52.0 Å². The molecular formula is C22H31N3O4S. The van der Waals surface area contributed by atoms with E-state index in [0.717, 1.165) is 18.6 Å². The Balaban J connectivity index is 1.63. The van der Waals surface area contributed by atoms with E-state index in [-0.39, 0.29) is 23.3 Å². The van der Waals surface area contributed by atoms with Crippen molar-refractivity contribution in [3.8, 4) is 0 Å². The van der Waals surface area contributed by atoms with Crippen LogP contribution in [0, 0.1) is 5.92 Å². The molecular weight excluding hydrogens is 402 g/mol. The molecule has 0 radical (unpaired) electrons. The van der Waals surface area contributed by atoms with Crippen LogP contribution in [0.4, 0.5) is 0 Å². The first-order valence-electron chi connectivity index (χ1n) is 10.3. The van der Waals surface area contributed by atoms with Gasteiger partial charge in [0.25, 0.3) is 0 Å². The van der Waals surface area contributed by atoms with Gasteiger partial charge in [0.15, 0.2) is 5.78 Å². The molecule has 1 fully saturated rings. The second-order valence-electron chi connectivity index (χ2n) is 8.16. The van der Waals surface area contributed by atoms with E-state index in [1.165, 1.54) is 10.4 Å². The lowest BCUT2D eigenvalue weighted by atomic mass is 10.0. The topological polar surface area (TPSA) is 82.9 Å². The van der Waals surface area contributed by atoms with Crippen LogP contribution in [0.2, 0.25) is 0 Å². The number of ketones is 1. The Labute approximate surface area is 179 Å². The third-order valence-electron chi connectivity index (χ3n) is 5.65. The molecule has 1 aliphatic heterocycles. The number of carbonyl (C=O) groups is 1. The van der Waals surface area contributed by atoms with Crippen molar-refractivity contribution in [3.05, 3.63) is 54.0 Å². The van der Waals surface area contributed by atoms with Crippen molar-refractivity contribution in [2.75, 3.05) is 40.3 Å². The van der Waals surface area contributed by atoms with Crippen LogP contribution in [0.25, 0.3) is 0 Å². The predicted molar refractivity (Wildman–Crippen MR) is 116 cm³/mol. The van der Waals surface area contributed by atoms with E-state index >= 15 is 0 Å². The van der Waals surface area contributed by atoms with Gasteiger partial charge in [0.05, 0.1) is 23.7 Å². The lowest BCUT2D eigenvalue weighted by Gasteiger charge is -2.29. The summed E-state index contributed by atoms with van der Waals surface area (Å²) in [4.78, 5) is 14.9. The molecule has 1 aromatic carbocycles. The van der Waals surface area contributed by atoms with Crippen LogP contribution >= 0.6 is 0 Å². The summed E-state index contributed by atoms with van der Waals surface area (Å²) in [5, 5.41) is 3.17. The Morgan fingerprint density at radius 1 is 1.23 bits per heavy atom. The molecule has 0 aliphatic carbocycles.